The van der Waals surface area contributed by atoms with Crippen molar-refractivity contribution < 1.29 is 8.42 Å². The third-order valence-corrected chi connectivity index (χ3v) is 6.59. The number of nitrogens with zero attached hydrogens (tertiary/aromatic N) is 1. The van der Waals surface area contributed by atoms with Gasteiger partial charge in [-0.15, -0.1) is 11.3 Å². The van der Waals surface area contributed by atoms with Crippen LogP contribution in [0.15, 0.2) is 40.6 Å². The minimum absolute atomic E-state index is 0.308. The molecule has 0 amide bonds. The van der Waals surface area contributed by atoms with E-state index < -0.39 is 10.0 Å². The molecule has 2 aromatic rings. The molecule has 4 nitrogen and oxygen atoms in total. The van der Waals surface area contributed by atoms with Crippen molar-refractivity contribution in [2.75, 3.05) is 10.8 Å². The molecule has 1 unspecified atom stereocenters. The van der Waals surface area contributed by atoms with Crippen molar-refractivity contribution >= 4 is 27.0 Å². The van der Waals surface area contributed by atoms with Crippen molar-refractivity contribution in [3.8, 4) is 0 Å². The van der Waals surface area contributed by atoms with E-state index in [0.29, 0.717) is 23.9 Å². The molecule has 0 aliphatic carbocycles. The molecular weight excluding hydrogens is 304 g/mol. The highest BCUT2D eigenvalue weighted by Crippen LogP contribution is 2.34. The molecule has 1 atom stereocenters. The Balaban J connectivity index is 2.07. The molecule has 6 heteroatoms. The van der Waals surface area contributed by atoms with Gasteiger partial charge in [-0.05, 0) is 30.0 Å². The van der Waals surface area contributed by atoms with Gasteiger partial charge in [0.05, 0.1) is 10.6 Å². The number of nitrogens with two attached hydrogens (primary N) is 1. The third-order valence-electron chi connectivity index (χ3n) is 3.73. The molecule has 2 N–H and O–H groups in total. The number of hydrogen-bond acceptors (Lipinski definition) is 4. The van der Waals surface area contributed by atoms with Crippen LogP contribution in [0.2, 0.25) is 0 Å². The maximum atomic E-state index is 12.9. The Morgan fingerprint density at radius 1 is 1.38 bits per heavy atom. The van der Waals surface area contributed by atoms with Crippen molar-refractivity contribution in [3.05, 3.63) is 46.2 Å². The fraction of sp³-hybridized carbons (Fsp3) is 0.333. The molecular formula is C15H18N2O2S2. The lowest BCUT2D eigenvalue weighted by Gasteiger charge is -2.33. The molecule has 1 aliphatic rings. The molecule has 0 saturated heterocycles. The quantitative estimate of drug-likeness (QED) is 0.945. The van der Waals surface area contributed by atoms with Gasteiger partial charge in [-0.25, -0.2) is 8.42 Å². The molecule has 21 heavy (non-hydrogen) atoms. The van der Waals surface area contributed by atoms with E-state index in [1.807, 2.05) is 24.3 Å². The summed E-state index contributed by atoms with van der Waals surface area (Å²) in [6, 6.07) is 9.42. The number of rotatable bonds is 3. The van der Waals surface area contributed by atoms with E-state index >= 15 is 0 Å². The second kappa shape index (κ2) is 5.44. The maximum Gasteiger partial charge on any atom is 0.265 e. The molecule has 0 radical (unpaired) electrons. The van der Waals surface area contributed by atoms with Crippen LogP contribution in [0.25, 0.3) is 0 Å². The lowest BCUT2D eigenvalue weighted by Crippen LogP contribution is -2.39. The van der Waals surface area contributed by atoms with E-state index in [4.69, 9.17) is 5.73 Å². The van der Waals surface area contributed by atoms with Gasteiger partial charge in [0.15, 0.2) is 0 Å². The van der Waals surface area contributed by atoms with Gasteiger partial charge in [-0.3, -0.25) is 4.31 Å². The van der Waals surface area contributed by atoms with Gasteiger partial charge in [0.2, 0.25) is 0 Å². The predicted octanol–water partition coefficient (Wildman–Crippen LogP) is 2.59. The van der Waals surface area contributed by atoms with Gasteiger partial charge >= 0.3 is 0 Å². The van der Waals surface area contributed by atoms with Gasteiger partial charge in [0.1, 0.15) is 0 Å². The van der Waals surface area contributed by atoms with Gasteiger partial charge in [0.25, 0.3) is 10.0 Å². The fourth-order valence-electron chi connectivity index (χ4n) is 2.71. The summed E-state index contributed by atoms with van der Waals surface area (Å²) in [6.07, 6.45) is 0.917. The van der Waals surface area contributed by atoms with Crippen molar-refractivity contribution in [1.29, 1.82) is 0 Å². The van der Waals surface area contributed by atoms with E-state index in [-0.39, 0.29) is 0 Å². The number of benzene rings is 1. The first-order chi connectivity index (χ1) is 10.0. The van der Waals surface area contributed by atoms with E-state index in [0.717, 1.165) is 22.5 Å². The van der Waals surface area contributed by atoms with Crippen LogP contribution in [0.3, 0.4) is 0 Å². The van der Waals surface area contributed by atoms with E-state index in [1.165, 1.54) is 11.3 Å². The first kappa shape index (κ1) is 14.6. The number of fused-ring (bicyclic) bond motifs is 1. The maximum absolute atomic E-state index is 12.9. The summed E-state index contributed by atoms with van der Waals surface area (Å²) in [5.74, 6) is 0.308. The number of thiophene rings is 1. The molecule has 0 bridgehead atoms. The van der Waals surface area contributed by atoms with Gasteiger partial charge in [0, 0.05) is 23.3 Å². The van der Waals surface area contributed by atoms with E-state index in [9.17, 15) is 8.42 Å². The summed E-state index contributed by atoms with van der Waals surface area (Å²) >= 11 is 1.39. The molecule has 2 heterocycles. The Morgan fingerprint density at radius 2 is 2.14 bits per heavy atom. The molecule has 1 aliphatic heterocycles. The molecule has 0 spiro atoms. The van der Waals surface area contributed by atoms with Crippen LogP contribution in [-0.2, 0) is 23.0 Å². The third kappa shape index (κ3) is 2.59. The summed E-state index contributed by atoms with van der Waals surface area (Å²) in [5, 5.41) is 1.68. The fourth-order valence-corrected chi connectivity index (χ4v) is 5.47. The van der Waals surface area contributed by atoms with Crippen molar-refractivity contribution in [2.24, 2.45) is 11.7 Å². The monoisotopic (exact) mass is 322 g/mol. The summed E-state index contributed by atoms with van der Waals surface area (Å²) < 4.78 is 27.4. The Morgan fingerprint density at radius 3 is 2.86 bits per heavy atom. The second-order valence-corrected chi connectivity index (χ2v) is 8.29. The standard InChI is InChI=1S/C15H18N2O2S2/c1-11-6-12-4-2-3-5-15(12)17(9-11)21(18,19)14-7-13(8-16)20-10-14/h2-5,7,10-11H,6,8-9,16H2,1H3. The first-order valence-electron chi connectivity index (χ1n) is 6.90. The first-order valence-corrected chi connectivity index (χ1v) is 9.22. The van der Waals surface area contributed by atoms with Crippen LogP contribution in [0.5, 0.6) is 0 Å². The number of hydrogen-bond donors (Lipinski definition) is 1. The van der Waals surface area contributed by atoms with Crippen LogP contribution < -0.4 is 10.0 Å². The lowest BCUT2D eigenvalue weighted by molar-refractivity contribution is 0.545. The van der Waals surface area contributed by atoms with Crippen molar-refractivity contribution in [2.45, 2.75) is 24.8 Å². The molecule has 1 aromatic heterocycles. The average Bonchev–Trinajstić information content (AvgIpc) is 2.96. The number of sulfonamides is 1. The minimum atomic E-state index is -3.51. The van der Waals surface area contributed by atoms with Crippen LogP contribution in [0, 0.1) is 5.92 Å². The highest BCUT2D eigenvalue weighted by Gasteiger charge is 2.32. The lowest BCUT2D eigenvalue weighted by atomic mass is 9.96. The highest BCUT2D eigenvalue weighted by molar-refractivity contribution is 7.93. The Hall–Kier alpha value is -1.37. The Bertz CT molecular complexity index is 753. The zero-order valence-corrected chi connectivity index (χ0v) is 13.5. The molecule has 0 saturated carbocycles. The van der Waals surface area contributed by atoms with Crippen LogP contribution in [0.4, 0.5) is 5.69 Å². The number of anilines is 1. The van der Waals surface area contributed by atoms with Gasteiger partial charge < -0.3 is 5.73 Å². The smallest absolute Gasteiger partial charge is 0.265 e. The predicted molar refractivity (Wildman–Crippen MR) is 86.1 cm³/mol. The second-order valence-electron chi connectivity index (χ2n) is 5.43. The minimum Gasteiger partial charge on any atom is -0.326 e. The molecule has 112 valence electrons. The largest absolute Gasteiger partial charge is 0.326 e. The van der Waals surface area contributed by atoms with Crippen molar-refractivity contribution in [1.82, 2.24) is 0 Å². The average molecular weight is 322 g/mol. The zero-order valence-electron chi connectivity index (χ0n) is 11.8. The SMILES string of the molecule is CC1Cc2ccccc2N(S(=O)(=O)c2csc(CN)c2)C1. The topological polar surface area (TPSA) is 63.4 Å². The van der Waals surface area contributed by atoms with E-state index in [2.05, 4.69) is 6.92 Å². The highest BCUT2D eigenvalue weighted by atomic mass is 32.2. The summed E-state index contributed by atoms with van der Waals surface area (Å²) in [5.41, 5.74) is 7.48. The normalized spacial score (nSPS) is 18.6. The summed E-state index contributed by atoms with van der Waals surface area (Å²) in [4.78, 5) is 1.23. The van der Waals surface area contributed by atoms with Crippen molar-refractivity contribution in [3.63, 3.8) is 0 Å². The molecule has 1 aromatic carbocycles. The van der Waals surface area contributed by atoms with Crippen LogP contribution in [0.1, 0.15) is 17.4 Å². The number of para-hydroxylation sites is 1. The zero-order chi connectivity index (χ0) is 15.0. The van der Waals surface area contributed by atoms with Crippen LogP contribution in [-0.4, -0.2) is 15.0 Å². The van der Waals surface area contributed by atoms with Crippen LogP contribution >= 0.6 is 11.3 Å². The van der Waals surface area contributed by atoms with Gasteiger partial charge in [-0.2, -0.15) is 0 Å². The molecule has 3 rings (SSSR count). The Kier molecular flexibility index (Phi) is 3.77. The summed E-state index contributed by atoms with van der Waals surface area (Å²) in [7, 11) is -3.51. The van der Waals surface area contributed by atoms with E-state index in [1.54, 1.807) is 15.8 Å². The Labute approximate surface area is 129 Å². The summed E-state index contributed by atoms with van der Waals surface area (Å²) in [6.45, 7) is 2.97. The molecule has 0 fully saturated rings. The van der Waals surface area contributed by atoms with Gasteiger partial charge in [-0.1, -0.05) is 25.1 Å².